The maximum atomic E-state index is 13.1. The van der Waals surface area contributed by atoms with Crippen molar-refractivity contribution in [3.63, 3.8) is 0 Å². The Balaban J connectivity index is 1.69. The lowest BCUT2D eigenvalue weighted by Gasteiger charge is -2.33. The van der Waals surface area contributed by atoms with Crippen LogP contribution in [0.15, 0.2) is 48.5 Å². The van der Waals surface area contributed by atoms with E-state index in [0.717, 1.165) is 28.7 Å². The number of alkyl carbamates (subject to hydrolysis) is 1. The summed E-state index contributed by atoms with van der Waals surface area (Å²) in [5, 5.41) is 14.8. The molecule has 0 aliphatic heterocycles. The predicted molar refractivity (Wildman–Crippen MR) is 131 cm³/mol. The van der Waals surface area contributed by atoms with E-state index >= 15 is 0 Å². The van der Waals surface area contributed by atoms with Crippen molar-refractivity contribution >= 4 is 18.0 Å². The number of carboxylic acids is 1. The first kappa shape index (κ1) is 25.3. The van der Waals surface area contributed by atoms with Crippen LogP contribution < -0.4 is 10.6 Å². The minimum atomic E-state index is -1.17. The van der Waals surface area contributed by atoms with E-state index in [-0.39, 0.29) is 24.9 Å². The molecule has 2 amide bonds. The molecule has 3 N–H and O–H groups in total. The summed E-state index contributed by atoms with van der Waals surface area (Å²) in [6, 6.07) is 15.7. The second-order valence-electron chi connectivity index (χ2n) is 8.80. The van der Waals surface area contributed by atoms with Crippen molar-refractivity contribution in [3.05, 3.63) is 59.7 Å². The number of amides is 2. The third-order valence-electron chi connectivity index (χ3n) is 6.72. The van der Waals surface area contributed by atoms with E-state index < -0.39 is 23.6 Å². The summed E-state index contributed by atoms with van der Waals surface area (Å²) in [7, 11) is 0. The summed E-state index contributed by atoms with van der Waals surface area (Å²) in [5.74, 6) is -1.43. The molecule has 0 heterocycles. The highest BCUT2D eigenvalue weighted by Crippen LogP contribution is 2.44. The van der Waals surface area contributed by atoms with Gasteiger partial charge in [0.25, 0.3) is 0 Å². The number of carboxylic acid groups (broad SMARTS) is 1. The fourth-order valence-electron chi connectivity index (χ4n) is 4.74. The Bertz CT molecular complexity index is 986. The van der Waals surface area contributed by atoms with Crippen LogP contribution in [0.5, 0.6) is 0 Å². The highest BCUT2D eigenvalue weighted by atomic mass is 16.5. The molecule has 1 aliphatic rings. The molecule has 0 aromatic heterocycles. The van der Waals surface area contributed by atoms with Crippen LogP contribution in [0.2, 0.25) is 0 Å². The van der Waals surface area contributed by atoms with E-state index in [9.17, 15) is 14.4 Å². The first-order valence-electron chi connectivity index (χ1n) is 12.0. The van der Waals surface area contributed by atoms with Crippen molar-refractivity contribution in [1.82, 2.24) is 10.6 Å². The van der Waals surface area contributed by atoms with Gasteiger partial charge < -0.3 is 20.5 Å². The molecule has 34 heavy (non-hydrogen) atoms. The van der Waals surface area contributed by atoms with Crippen LogP contribution in [-0.4, -0.2) is 41.3 Å². The van der Waals surface area contributed by atoms with Crippen LogP contribution in [0.25, 0.3) is 11.1 Å². The quantitative estimate of drug-likeness (QED) is 0.439. The summed E-state index contributed by atoms with van der Waals surface area (Å²) in [4.78, 5) is 37.2. The molecule has 2 aromatic carbocycles. The highest BCUT2D eigenvalue weighted by Gasteiger charge is 2.38. The average Bonchev–Trinajstić information content (AvgIpc) is 3.14. The van der Waals surface area contributed by atoms with Gasteiger partial charge >= 0.3 is 12.1 Å². The Hall–Kier alpha value is -3.35. The van der Waals surface area contributed by atoms with Crippen molar-refractivity contribution in [2.75, 3.05) is 6.61 Å². The van der Waals surface area contributed by atoms with E-state index in [0.29, 0.717) is 19.3 Å². The normalized spacial score (nSPS) is 13.5. The molecule has 0 saturated carbocycles. The first-order valence-corrected chi connectivity index (χ1v) is 12.0. The number of fused-ring (bicyclic) bond motifs is 3. The first-order chi connectivity index (χ1) is 16.3. The molecule has 7 nitrogen and oxygen atoms in total. The Morgan fingerprint density at radius 1 is 0.971 bits per heavy atom. The van der Waals surface area contributed by atoms with E-state index in [1.54, 1.807) is 0 Å². The van der Waals surface area contributed by atoms with Gasteiger partial charge in [-0.3, -0.25) is 9.59 Å². The van der Waals surface area contributed by atoms with E-state index in [1.807, 2.05) is 57.2 Å². The van der Waals surface area contributed by atoms with Gasteiger partial charge in [0, 0.05) is 12.0 Å². The number of aliphatic carboxylic acids is 1. The number of hydrogen-bond acceptors (Lipinski definition) is 4. The minimum absolute atomic E-state index is 0.0749. The van der Waals surface area contributed by atoms with Crippen LogP contribution in [0, 0.1) is 0 Å². The van der Waals surface area contributed by atoms with E-state index in [2.05, 4.69) is 22.8 Å². The molecule has 182 valence electrons. The monoisotopic (exact) mass is 466 g/mol. The zero-order valence-electron chi connectivity index (χ0n) is 20.1. The second-order valence-corrected chi connectivity index (χ2v) is 8.80. The molecule has 0 fully saturated rings. The van der Waals surface area contributed by atoms with Crippen molar-refractivity contribution in [2.45, 2.75) is 70.4 Å². The Labute approximate surface area is 200 Å². The third-order valence-corrected chi connectivity index (χ3v) is 6.72. The van der Waals surface area contributed by atoms with Crippen molar-refractivity contribution in [1.29, 1.82) is 0 Å². The molecular weight excluding hydrogens is 432 g/mol. The van der Waals surface area contributed by atoms with Crippen LogP contribution >= 0.6 is 0 Å². The van der Waals surface area contributed by atoms with Crippen molar-refractivity contribution in [3.8, 4) is 11.1 Å². The fourth-order valence-corrected chi connectivity index (χ4v) is 4.74. The molecule has 7 heteroatoms. The standard InChI is InChI=1S/C27H34N2O5/c1-4-11-18(16-24(30)31)28-25(32)27(5-2,6-3)29-26(33)34-17-23-21-14-9-7-12-19(21)20-13-8-10-15-22(20)23/h7-10,12-15,18,23H,4-6,11,16-17H2,1-3H3,(H,28,32)(H,29,33)(H,30,31)/t18-/m0/s1. The van der Waals surface area contributed by atoms with Gasteiger partial charge in [-0.1, -0.05) is 75.7 Å². The number of carbonyl (C=O) groups is 3. The molecule has 3 rings (SSSR count). The van der Waals surface area contributed by atoms with E-state index in [1.165, 1.54) is 0 Å². The Kier molecular flexibility index (Phi) is 8.31. The fraction of sp³-hybridized carbons (Fsp3) is 0.444. The molecule has 1 aliphatic carbocycles. The topological polar surface area (TPSA) is 105 Å². The van der Waals surface area contributed by atoms with Crippen LogP contribution in [-0.2, 0) is 14.3 Å². The molecular formula is C27H34N2O5. The number of benzene rings is 2. The number of hydrogen-bond donors (Lipinski definition) is 3. The maximum absolute atomic E-state index is 13.1. The smallest absolute Gasteiger partial charge is 0.408 e. The van der Waals surface area contributed by atoms with E-state index in [4.69, 9.17) is 9.84 Å². The van der Waals surface area contributed by atoms with Gasteiger partial charge in [-0.15, -0.1) is 0 Å². The summed E-state index contributed by atoms with van der Waals surface area (Å²) < 4.78 is 5.64. The lowest BCUT2D eigenvalue weighted by molar-refractivity contribution is -0.138. The number of carbonyl (C=O) groups excluding carboxylic acids is 2. The second kappa shape index (κ2) is 11.2. The molecule has 1 atom stereocenters. The lowest BCUT2D eigenvalue weighted by Crippen LogP contribution is -2.60. The van der Waals surface area contributed by atoms with Gasteiger partial charge in [0.15, 0.2) is 0 Å². The highest BCUT2D eigenvalue weighted by molar-refractivity contribution is 5.90. The van der Waals surface area contributed by atoms with Crippen LogP contribution in [0.1, 0.15) is 69.9 Å². The van der Waals surface area contributed by atoms with Gasteiger partial charge in [-0.2, -0.15) is 0 Å². The largest absolute Gasteiger partial charge is 0.481 e. The average molecular weight is 467 g/mol. The SMILES string of the molecule is CCC[C@@H](CC(=O)O)NC(=O)C(CC)(CC)NC(=O)OCC1c2ccccc2-c2ccccc21. The molecule has 0 radical (unpaired) electrons. The lowest BCUT2D eigenvalue weighted by atomic mass is 9.91. The Morgan fingerprint density at radius 2 is 1.53 bits per heavy atom. The van der Waals surface area contributed by atoms with Gasteiger partial charge in [0.2, 0.25) is 5.91 Å². The number of nitrogens with one attached hydrogen (secondary N) is 2. The van der Waals surface area contributed by atoms with Gasteiger partial charge in [-0.05, 0) is 41.5 Å². The van der Waals surface area contributed by atoms with Crippen molar-refractivity contribution < 1.29 is 24.2 Å². The predicted octanol–water partition coefficient (Wildman–Crippen LogP) is 4.84. The minimum Gasteiger partial charge on any atom is -0.481 e. The Morgan fingerprint density at radius 3 is 2.03 bits per heavy atom. The summed E-state index contributed by atoms with van der Waals surface area (Å²) in [5.41, 5.74) is 3.34. The summed E-state index contributed by atoms with van der Waals surface area (Å²) in [6.45, 7) is 5.73. The molecule has 2 aromatic rings. The van der Waals surface area contributed by atoms with Gasteiger partial charge in [0.1, 0.15) is 12.1 Å². The molecule has 0 bridgehead atoms. The number of rotatable bonds is 11. The zero-order chi connectivity index (χ0) is 24.7. The third kappa shape index (κ3) is 5.41. The zero-order valence-corrected chi connectivity index (χ0v) is 20.1. The summed E-state index contributed by atoms with van der Waals surface area (Å²) in [6.07, 6.45) is 1.17. The molecule has 0 unspecified atom stereocenters. The maximum Gasteiger partial charge on any atom is 0.408 e. The number of ether oxygens (including phenoxy) is 1. The summed E-state index contributed by atoms with van der Waals surface area (Å²) >= 11 is 0. The van der Waals surface area contributed by atoms with Gasteiger partial charge in [-0.25, -0.2) is 4.79 Å². The molecule has 0 spiro atoms. The van der Waals surface area contributed by atoms with Gasteiger partial charge in [0.05, 0.1) is 6.42 Å². The van der Waals surface area contributed by atoms with Crippen LogP contribution in [0.4, 0.5) is 4.79 Å². The molecule has 0 saturated heterocycles. The van der Waals surface area contributed by atoms with Crippen molar-refractivity contribution in [2.24, 2.45) is 0 Å². The van der Waals surface area contributed by atoms with Crippen LogP contribution in [0.3, 0.4) is 0 Å².